The Hall–Kier alpha value is -2.36. The molecule has 2 atom stereocenters. The molecule has 0 fully saturated rings. The molecule has 0 N–H and O–H groups in total. The first-order chi connectivity index (χ1) is 11.4. The van der Waals surface area contributed by atoms with Crippen LogP contribution in [0.3, 0.4) is 0 Å². The molecule has 1 aromatic rings. The summed E-state index contributed by atoms with van der Waals surface area (Å²) >= 11 is 0. The zero-order valence-electron chi connectivity index (χ0n) is 14.6. The quantitative estimate of drug-likeness (QED) is 0.390. The highest BCUT2D eigenvalue weighted by Gasteiger charge is 2.28. The van der Waals surface area contributed by atoms with Gasteiger partial charge in [0, 0.05) is 6.08 Å². The van der Waals surface area contributed by atoms with Gasteiger partial charge in [-0.2, -0.15) is 0 Å². The van der Waals surface area contributed by atoms with Crippen LogP contribution in [0.25, 0.3) is 6.08 Å². The van der Waals surface area contributed by atoms with Crippen LogP contribution in [0.5, 0.6) is 0 Å². The van der Waals surface area contributed by atoms with Gasteiger partial charge in [-0.25, -0.2) is 4.79 Å². The Morgan fingerprint density at radius 3 is 2.42 bits per heavy atom. The number of hydrogen-bond acceptors (Lipinski definition) is 4. The Bertz CT molecular complexity index is 560. The minimum absolute atomic E-state index is 0.255. The summed E-state index contributed by atoms with van der Waals surface area (Å²) in [6.45, 7) is 9.63. The summed E-state index contributed by atoms with van der Waals surface area (Å²) in [7, 11) is 0. The van der Waals surface area contributed by atoms with Crippen molar-refractivity contribution in [1.29, 1.82) is 0 Å². The number of allylic oxidation sites excluding steroid dienone is 1. The molecular formula is C20H26O4. The number of esters is 2. The second-order valence-corrected chi connectivity index (χ2v) is 6.04. The van der Waals surface area contributed by atoms with E-state index in [4.69, 9.17) is 9.47 Å². The maximum Gasteiger partial charge on any atom is 0.331 e. The fourth-order valence-corrected chi connectivity index (χ4v) is 2.05. The smallest absolute Gasteiger partial charge is 0.331 e. The van der Waals surface area contributed by atoms with Crippen LogP contribution in [-0.4, -0.2) is 24.6 Å². The van der Waals surface area contributed by atoms with Gasteiger partial charge in [0.25, 0.3) is 0 Å². The number of carbonyl (C=O) groups excluding carboxylic acids is 2. The van der Waals surface area contributed by atoms with Gasteiger partial charge in [0.2, 0.25) is 0 Å². The summed E-state index contributed by atoms with van der Waals surface area (Å²) in [6, 6.07) is 9.45. The first kappa shape index (κ1) is 19.7. The second-order valence-electron chi connectivity index (χ2n) is 6.04. The monoisotopic (exact) mass is 330 g/mol. The van der Waals surface area contributed by atoms with Crippen LogP contribution in [0.4, 0.5) is 0 Å². The lowest BCUT2D eigenvalue weighted by molar-refractivity contribution is -0.158. The summed E-state index contributed by atoms with van der Waals surface area (Å²) in [5, 5.41) is 0. The van der Waals surface area contributed by atoms with Crippen LogP contribution in [0.15, 0.2) is 49.1 Å². The topological polar surface area (TPSA) is 52.6 Å². The standard InChI is InChI=1S/C20H26O4/c1-5-9-18(20(22)23-14-15(2)3)16(4)24-19(21)13-12-17-10-7-6-8-11-17/h5-8,10-13,15-16,18H,1,9,14H2,2-4H3. The summed E-state index contributed by atoms with van der Waals surface area (Å²) in [5.41, 5.74) is 0.904. The van der Waals surface area contributed by atoms with Gasteiger partial charge in [0.15, 0.2) is 0 Å². The molecule has 1 rings (SSSR count). The lowest BCUT2D eigenvalue weighted by Gasteiger charge is -2.21. The molecule has 0 amide bonds. The Kier molecular flexibility index (Phi) is 8.55. The molecule has 0 aromatic heterocycles. The fraction of sp³-hybridized carbons (Fsp3) is 0.400. The predicted octanol–water partition coefficient (Wildman–Crippen LogP) is 4.02. The van der Waals surface area contributed by atoms with Gasteiger partial charge in [0.1, 0.15) is 6.10 Å². The summed E-state index contributed by atoms with van der Waals surface area (Å²) < 4.78 is 10.6. The molecule has 4 nitrogen and oxygen atoms in total. The molecule has 0 aliphatic heterocycles. The molecule has 24 heavy (non-hydrogen) atoms. The Morgan fingerprint density at radius 1 is 1.17 bits per heavy atom. The highest BCUT2D eigenvalue weighted by atomic mass is 16.6. The van der Waals surface area contributed by atoms with Gasteiger partial charge in [-0.05, 0) is 30.9 Å². The zero-order chi connectivity index (χ0) is 17.9. The van der Waals surface area contributed by atoms with Crippen molar-refractivity contribution in [1.82, 2.24) is 0 Å². The molecule has 0 saturated carbocycles. The number of carbonyl (C=O) groups is 2. The molecule has 0 radical (unpaired) electrons. The number of benzene rings is 1. The third kappa shape index (κ3) is 7.27. The van der Waals surface area contributed by atoms with E-state index in [9.17, 15) is 9.59 Å². The van der Waals surface area contributed by atoms with Crippen molar-refractivity contribution in [2.24, 2.45) is 11.8 Å². The van der Waals surface area contributed by atoms with Crippen molar-refractivity contribution in [2.75, 3.05) is 6.61 Å². The van der Waals surface area contributed by atoms with Gasteiger partial charge < -0.3 is 9.47 Å². The highest BCUT2D eigenvalue weighted by Crippen LogP contribution is 2.16. The summed E-state index contributed by atoms with van der Waals surface area (Å²) in [6.07, 6.45) is 4.47. The average Bonchev–Trinajstić information content (AvgIpc) is 2.56. The van der Waals surface area contributed by atoms with E-state index in [1.165, 1.54) is 6.08 Å². The molecule has 1 aromatic carbocycles. The van der Waals surface area contributed by atoms with E-state index >= 15 is 0 Å². The van der Waals surface area contributed by atoms with Crippen LogP contribution in [-0.2, 0) is 19.1 Å². The normalized spacial score (nSPS) is 13.5. The third-order valence-electron chi connectivity index (χ3n) is 3.36. The summed E-state index contributed by atoms with van der Waals surface area (Å²) in [5.74, 6) is -1.15. The molecule has 130 valence electrons. The van der Waals surface area contributed by atoms with Gasteiger partial charge in [0.05, 0.1) is 12.5 Å². The van der Waals surface area contributed by atoms with Crippen molar-refractivity contribution in [3.8, 4) is 0 Å². The average molecular weight is 330 g/mol. The molecule has 0 bridgehead atoms. The largest absolute Gasteiger partial charge is 0.465 e. The maximum absolute atomic E-state index is 12.2. The van der Waals surface area contributed by atoms with Crippen LogP contribution >= 0.6 is 0 Å². The molecular weight excluding hydrogens is 304 g/mol. The van der Waals surface area contributed by atoms with Crippen molar-refractivity contribution >= 4 is 18.0 Å². The molecule has 0 saturated heterocycles. The van der Waals surface area contributed by atoms with E-state index in [-0.39, 0.29) is 11.9 Å². The Balaban J connectivity index is 2.61. The molecule has 0 spiro atoms. The van der Waals surface area contributed by atoms with Crippen molar-refractivity contribution in [2.45, 2.75) is 33.3 Å². The van der Waals surface area contributed by atoms with E-state index in [0.717, 1.165) is 5.56 Å². The van der Waals surface area contributed by atoms with E-state index in [1.54, 1.807) is 19.1 Å². The van der Waals surface area contributed by atoms with E-state index < -0.39 is 18.0 Å². The maximum atomic E-state index is 12.2. The van der Waals surface area contributed by atoms with Gasteiger partial charge in [-0.15, -0.1) is 6.58 Å². The Labute approximate surface area is 144 Å². The van der Waals surface area contributed by atoms with Crippen LogP contribution < -0.4 is 0 Å². The van der Waals surface area contributed by atoms with Crippen LogP contribution in [0.1, 0.15) is 32.8 Å². The predicted molar refractivity (Wildman–Crippen MR) is 95.1 cm³/mol. The number of rotatable bonds is 9. The third-order valence-corrected chi connectivity index (χ3v) is 3.36. The fourth-order valence-electron chi connectivity index (χ4n) is 2.05. The molecule has 0 heterocycles. The number of ether oxygens (including phenoxy) is 2. The van der Waals surface area contributed by atoms with Gasteiger partial charge in [-0.1, -0.05) is 50.3 Å². The van der Waals surface area contributed by atoms with Crippen molar-refractivity contribution in [3.63, 3.8) is 0 Å². The molecule has 4 heteroatoms. The van der Waals surface area contributed by atoms with Crippen LogP contribution in [0, 0.1) is 11.8 Å². The van der Waals surface area contributed by atoms with E-state index in [0.29, 0.717) is 13.0 Å². The van der Waals surface area contributed by atoms with Crippen molar-refractivity contribution < 1.29 is 19.1 Å². The Morgan fingerprint density at radius 2 is 1.83 bits per heavy atom. The van der Waals surface area contributed by atoms with Crippen molar-refractivity contribution in [3.05, 3.63) is 54.6 Å². The van der Waals surface area contributed by atoms with E-state index in [2.05, 4.69) is 6.58 Å². The minimum Gasteiger partial charge on any atom is -0.465 e. The minimum atomic E-state index is -0.587. The molecule has 2 unspecified atom stereocenters. The number of hydrogen-bond donors (Lipinski definition) is 0. The molecule has 0 aliphatic carbocycles. The lowest BCUT2D eigenvalue weighted by Crippen LogP contribution is -2.31. The SMILES string of the molecule is C=CCC(C(=O)OCC(C)C)C(C)OC(=O)C=Cc1ccccc1. The molecule has 0 aliphatic rings. The first-order valence-corrected chi connectivity index (χ1v) is 8.15. The van der Waals surface area contributed by atoms with Gasteiger partial charge >= 0.3 is 11.9 Å². The summed E-state index contributed by atoms with van der Waals surface area (Å²) in [4.78, 5) is 24.1. The zero-order valence-corrected chi connectivity index (χ0v) is 14.6. The highest BCUT2D eigenvalue weighted by molar-refractivity contribution is 5.87. The van der Waals surface area contributed by atoms with Crippen LogP contribution in [0.2, 0.25) is 0 Å². The lowest BCUT2D eigenvalue weighted by atomic mass is 10.00. The van der Waals surface area contributed by atoms with Gasteiger partial charge in [-0.3, -0.25) is 4.79 Å². The van der Waals surface area contributed by atoms with E-state index in [1.807, 2.05) is 44.2 Å². The second kappa shape index (κ2) is 10.4. The first-order valence-electron chi connectivity index (χ1n) is 8.15.